The summed E-state index contributed by atoms with van der Waals surface area (Å²) in [6.45, 7) is 0. The third-order valence-electron chi connectivity index (χ3n) is 15.9. The molecule has 0 saturated carbocycles. The Kier molecular flexibility index (Phi) is 9.99. The Bertz CT molecular complexity index is 4290. The van der Waals surface area contributed by atoms with Crippen molar-refractivity contribution in [3.8, 4) is 78.1 Å². The van der Waals surface area contributed by atoms with Crippen LogP contribution >= 0.6 is 0 Å². The summed E-state index contributed by atoms with van der Waals surface area (Å²) in [5.74, 6) is 0.0327. The largest absolute Gasteiger partial charge is 0.309 e. The molecule has 0 bridgehead atoms. The molecule has 0 N–H and O–H groups in total. The van der Waals surface area contributed by atoms with Crippen LogP contribution in [0.15, 0.2) is 285 Å². The fourth-order valence-corrected chi connectivity index (χ4v) is 12.7. The van der Waals surface area contributed by atoms with Crippen molar-refractivity contribution in [1.82, 2.24) is 9.13 Å². The van der Waals surface area contributed by atoms with Gasteiger partial charge in [0.05, 0.1) is 33.4 Å². The zero-order valence-electron chi connectivity index (χ0n) is 41.1. The lowest BCUT2D eigenvalue weighted by Gasteiger charge is -2.24. The molecule has 12 aromatic carbocycles. The van der Waals surface area contributed by atoms with E-state index in [9.17, 15) is 0 Å². The van der Waals surface area contributed by atoms with Crippen LogP contribution in [-0.4, -0.2) is 9.13 Å². The van der Waals surface area contributed by atoms with Gasteiger partial charge < -0.3 is 9.13 Å². The standard InChI is InChI=1S/C73H48N2/c1-3-22-48(23-4-1)52-26-7-9-28-54(52)50-42-44-68-64(46-50)65-47-51(55-29-10-8-27-53(55)49-24-5-2-6-25-49)43-45-69(65)75(68)71-41-21-40-70(74-66-38-19-17-32-58(66)59-33-18-20-39-67(59)74)73(71)63-37-16-15-36-62(63)72-60-34-13-11-30-56(60)57-31-12-14-35-61(57)72/h1-47,72H. The number of fused-ring (bicyclic) bond motifs is 9. The number of para-hydroxylation sites is 2. The molecule has 0 fully saturated rings. The van der Waals surface area contributed by atoms with Gasteiger partial charge >= 0.3 is 0 Å². The maximum absolute atomic E-state index is 2.56. The molecule has 0 aliphatic heterocycles. The maximum atomic E-state index is 2.56. The summed E-state index contributed by atoms with van der Waals surface area (Å²) in [7, 11) is 0. The number of rotatable bonds is 8. The molecule has 0 radical (unpaired) electrons. The number of benzene rings is 12. The lowest BCUT2D eigenvalue weighted by atomic mass is 9.83. The van der Waals surface area contributed by atoms with Crippen molar-refractivity contribution in [2.45, 2.75) is 5.92 Å². The van der Waals surface area contributed by atoms with Crippen LogP contribution in [0.25, 0.3) is 122 Å². The summed E-state index contributed by atoms with van der Waals surface area (Å²) < 4.78 is 5.08. The third-order valence-corrected chi connectivity index (χ3v) is 15.9. The lowest BCUT2D eigenvalue weighted by molar-refractivity contribution is 1.01. The van der Waals surface area contributed by atoms with E-state index in [1.165, 1.54) is 116 Å². The van der Waals surface area contributed by atoms with Gasteiger partial charge in [-0.05, 0) is 126 Å². The average Bonchev–Trinajstić information content (AvgIpc) is 4.17. The van der Waals surface area contributed by atoms with E-state index in [1.54, 1.807) is 0 Å². The SMILES string of the molecule is c1ccc(-c2ccccc2-c2ccc3c(c2)c2cc(-c4ccccc4-c4ccccc4)ccc2n3-c2cccc(-n3c4ccccc4c4ccccc43)c2-c2ccccc2C2c3ccccc3-c3ccccc32)cc1. The Morgan fingerprint density at radius 2 is 0.547 bits per heavy atom. The van der Waals surface area contributed by atoms with Crippen molar-refractivity contribution >= 4 is 43.6 Å². The van der Waals surface area contributed by atoms with Gasteiger partial charge in [-0.15, -0.1) is 0 Å². The summed E-state index contributed by atoms with van der Waals surface area (Å²) in [6, 6.07) is 106. The van der Waals surface area contributed by atoms with Crippen LogP contribution in [0.2, 0.25) is 0 Å². The molecule has 0 atom stereocenters. The summed E-state index contributed by atoms with van der Waals surface area (Å²) in [6.07, 6.45) is 0. The van der Waals surface area contributed by atoms with E-state index in [-0.39, 0.29) is 5.92 Å². The molecular weight excluding hydrogens is 905 g/mol. The van der Waals surface area contributed by atoms with Crippen LogP contribution in [0.3, 0.4) is 0 Å². The summed E-state index contributed by atoms with van der Waals surface area (Å²) in [5, 5.41) is 4.87. The second kappa shape index (κ2) is 17.5. The minimum absolute atomic E-state index is 0.0327. The van der Waals surface area contributed by atoms with E-state index in [2.05, 4.69) is 294 Å². The minimum atomic E-state index is 0.0327. The highest BCUT2D eigenvalue weighted by Gasteiger charge is 2.33. The number of aromatic nitrogens is 2. The van der Waals surface area contributed by atoms with E-state index in [0.29, 0.717) is 0 Å². The molecule has 2 heterocycles. The zero-order chi connectivity index (χ0) is 49.4. The molecule has 2 heteroatoms. The monoisotopic (exact) mass is 952 g/mol. The molecule has 0 spiro atoms. The maximum Gasteiger partial charge on any atom is 0.0561 e. The Balaban J connectivity index is 1.05. The number of hydrogen-bond acceptors (Lipinski definition) is 0. The quantitative estimate of drug-likeness (QED) is 0.144. The number of hydrogen-bond donors (Lipinski definition) is 0. The smallest absolute Gasteiger partial charge is 0.0561 e. The van der Waals surface area contributed by atoms with Gasteiger partial charge in [-0.2, -0.15) is 0 Å². The van der Waals surface area contributed by atoms with Gasteiger partial charge in [0.2, 0.25) is 0 Å². The van der Waals surface area contributed by atoms with Crippen LogP contribution in [0, 0.1) is 0 Å². The van der Waals surface area contributed by atoms with Crippen molar-refractivity contribution < 1.29 is 0 Å². The molecule has 75 heavy (non-hydrogen) atoms. The van der Waals surface area contributed by atoms with Gasteiger partial charge in [0.25, 0.3) is 0 Å². The van der Waals surface area contributed by atoms with Gasteiger partial charge in [0, 0.05) is 33.0 Å². The molecule has 350 valence electrons. The first-order valence-corrected chi connectivity index (χ1v) is 26.0. The first kappa shape index (κ1) is 42.9. The van der Waals surface area contributed by atoms with Crippen LogP contribution in [0.1, 0.15) is 22.6 Å². The molecule has 1 aliphatic carbocycles. The third kappa shape index (κ3) is 6.80. The molecule has 2 nitrogen and oxygen atoms in total. The zero-order valence-corrected chi connectivity index (χ0v) is 41.1. The van der Waals surface area contributed by atoms with Crippen molar-refractivity contribution in [3.05, 3.63) is 302 Å². The summed E-state index contributed by atoms with van der Waals surface area (Å²) in [5.41, 5.74) is 25.5. The van der Waals surface area contributed by atoms with Gasteiger partial charge in [0.15, 0.2) is 0 Å². The normalized spacial score (nSPS) is 12.2. The Labute approximate surface area is 436 Å². The summed E-state index contributed by atoms with van der Waals surface area (Å²) >= 11 is 0. The van der Waals surface area contributed by atoms with Crippen molar-refractivity contribution in [3.63, 3.8) is 0 Å². The molecular formula is C73H48N2. The fraction of sp³-hybridized carbons (Fsp3) is 0.0137. The summed E-state index contributed by atoms with van der Waals surface area (Å²) in [4.78, 5) is 0. The second-order valence-corrected chi connectivity index (χ2v) is 19.9. The van der Waals surface area contributed by atoms with E-state index < -0.39 is 0 Å². The predicted octanol–water partition coefficient (Wildman–Crippen LogP) is 19.4. The molecule has 14 aromatic rings. The molecule has 0 amide bonds. The van der Waals surface area contributed by atoms with Crippen molar-refractivity contribution in [1.29, 1.82) is 0 Å². The molecule has 2 aromatic heterocycles. The molecule has 0 saturated heterocycles. The van der Waals surface area contributed by atoms with E-state index in [0.717, 1.165) is 22.4 Å². The van der Waals surface area contributed by atoms with Gasteiger partial charge in [-0.1, -0.05) is 237 Å². The Morgan fingerprint density at radius 3 is 1.00 bits per heavy atom. The van der Waals surface area contributed by atoms with Crippen LogP contribution in [-0.2, 0) is 0 Å². The number of nitrogens with zero attached hydrogens (tertiary/aromatic N) is 2. The minimum Gasteiger partial charge on any atom is -0.309 e. The first-order valence-electron chi connectivity index (χ1n) is 26.0. The molecule has 1 aliphatic rings. The average molecular weight is 953 g/mol. The topological polar surface area (TPSA) is 9.86 Å². The highest BCUT2D eigenvalue weighted by molar-refractivity contribution is 6.14. The molecule has 15 rings (SSSR count). The second-order valence-electron chi connectivity index (χ2n) is 19.9. The molecule has 0 unspecified atom stereocenters. The van der Waals surface area contributed by atoms with Gasteiger partial charge in [-0.25, -0.2) is 0 Å². The first-order chi connectivity index (χ1) is 37.3. The van der Waals surface area contributed by atoms with Crippen molar-refractivity contribution in [2.24, 2.45) is 0 Å². The Morgan fingerprint density at radius 1 is 0.213 bits per heavy atom. The van der Waals surface area contributed by atoms with Crippen molar-refractivity contribution in [2.75, 3.05) is 0 Å². The van der Waals surface area contributed by atoms with E-state index in [4.69, 9.17) is 0 Å². The Hall–Kier alpha value is -9.76. The van der Waals surface area contributed by atoms with Crippen LogP contribution in [0.4, 0.5) is 0 Å². The fourth-order valence-electron chi connectivity index (χ4n) is 12.7. The highest BCUT2D eigenvalue weighted by Crippen LogP contribution is 2.52. The van der Waals surface area contributed by atoms with Gasteiger partial charge in [0.1, 0.15) is 0 Å². The highest BCUT2D eigenvalue weighted by atomic mass is 15.0. The van der Waals surface area contributed by atoms with Gasteiger partial charge in [-0.3, -0.25) is 0 Å². The van der Waals surface area contributed by atoms with E-state index in [1.807, 2.05) is 0 Å². The lowest BCUT2D eigenvalue weighted by Crippen LogP contribution is -2.07. The van der Waals surface area contributed by atoms with E-state index >= 15 is 0 Å². The van der Waals surface area contributed by atoms with Crippen LogP contribution in [0.5, 0.6) is 0 Å². The predicted molar refractivity (Wildman–Crippen MR) is 315 cm³/mol. The van der Waals surface area contributed by atoms with Crippen LogP contribution < -0.4 is 0 Å².